The fourth-order valence-corrected chi connectivity index (χ4v) is 2.88. The minimum absolute atomic E-state index is 0.0725. The van der Waals surface area contributed by atoms with Gasteiger partial charge in [0.25, 0.3) is 0 Å². The Labute approximate surface area is 144 Å². The number of rotatable bonds is 7. The van der Waals surface area contributed by atoms with Gasteiger partial charge in [-0.1, -0.05) is 26.0 Å². The summed E-state index contributed by atoms with van der Waals surface area (Å²) in [4.78, 5) is 14.5. The van der Waals surface area contributed by atoms with E-state index in [4.69, 9.17) is 9.47 Å². The molecule has 1 aliphatic heterocycles. The van der Waals surface area contributed by atoms with E-state index in [9.17, 15) is 4.79 Å². The van der Waals surface area contributed by atoms with Crippen LogP contribution in [-0.4, -0.2) is 56.8 Å². The predicted octanol–water partition coefficient (Wildman–Crippen LogP) is 2.18. The summed E-state index contributed by atoms with van der Waals surface area (Å²) in [5.74, 6) is 1.19. The number of carbonyl (C=O) groups excluding carboxylic acids is 1. The number of hydrogen-bond donors (Lipinski definition) is 1. The summed E-state index contributed by atoms with van der Waals surface area (Å²) in [5.41, 5.74) is 0.943. The number of morpholine rings is 1. The van der Waals surface area contributed by atoms with Gasteiger partial charge >= 0.3 is 0 Å². The molecule has 5 nitrogen and oxygen atoms in total. The molecule has 132 valence electrons. The smallest absolute Gasteiger partial charge is 0.244 e. The van der Waals surface area contributed by atoms with Crippen LogP contribution in [0.25, 0.3) is 6.08 Å². The zero-order valence-electron chi connectivity index (χ0n) is 14.8. The minimum Gasteiger partial charge on any atom is -0.497 e. The fraction of sp³-hybridized carbons (Fsp3) is 0.526. The van der Waals surface area contributed by atoms with Crippen LogP contribution in [0.3, 0.4) is 0 Å². The summed E-state index contributed by atoms with van der Waals surface area (Å²) in [6, 6.07) is 7.96. The third kappa shape index (κ3) is 5.65. The summed E-state index contributed by atoms with van der Waals surface area (Å²) in [5, 5.41) is 3.02. The Balaban J connectivity index is 1.87. The molecule has 0 spiro atoms. The second kappa shape index (κ2) is 9.45. The van der Waals surface area contributed by atoms with Gasteiger partial charge in [0, 0.05) is 31.8 Å². The fourth-order valence-electron chi connectivity index (χ4n) is 2.88. The Morgan fingerprint density at radius 1 is 1.38 bits per heavy atom. The Kier molecular flexibility index (Phi) is 7.28. The maximum atomic E-state index is 12.1. The lowest BCUT2D eigenvalue weighted by molar-refractivity contribution is -0.116. The van der Waals surface area contributed by atoms with Crippen molar-refractivity contribution < 1.29 is 14.3 Å². The molecule has 1 saturated heterocycles. The van der Waals surface area contributed by atoms with Crippen molar-refractivity contribution in [1.82, 2.24) is 10.2 Å². The summed E-state index contributed by atoms with van der Waals surface area (Å²) in [6.45, 7) is 8.44. The first-order valence-electron chi connectivity index (χ1n) is 8.52. The molecule has 2 rings (SSSR count). The van der Waals surface area contributed by atoms with Crippen LogP contribution in [0.4, 0.5) is 0 Å². The Morgan fingerprint density at radius 2 is 2.12 bits per heavy atom. The molecule has 0 aliphatic carbocycles. The van der Waals surface area contributed by atoms with E-state index in [2.05, 4.69) is 24.1 Å². The monoisotopic (exact) mass is 332 g/mol. The SMILES string of the molecule is COc1cccc(/C=C/C(=O)NCC(C(C)C)N2CCOCC2)c1. The van der Waals surface area contributed by atoms with Gasteiger partial charge in [0.2, 0.25) is 5.91 Å². The maximum Gasteiger partial charge on any atom is 0.244 e. The molecule has 1 aromatic carbocycles. The highest BCUT2D eigenvalue weighted by Gasteiger charge is 2.23. The largest absolute Gasteiger partial charge is 0.497 e. The quantitative estimate of drug-likeness (QED) is 0.778. The molecule has 0 bridgehead atoms. The van der Waals surface area contributed by atoms with Crippen LogP contribution in [0.15, 0.2) is 30.3 Å². The van der Waals surface area contributed by atoms with Crippen molar-refractivity contribution in [2.24, 2.45) is 5.92 Å². The standard InChI is InChI=1S/C19H28N2O3/c1-15(2)18(21-9-11-24-12-10-21)14-20-19(22)8-7-16-5-4-6-17(13-16)23-3/h4-8,13,15,18H,9-12,14H2,1-3H3,(H,20,22)/b8-7+. The summed E-state index contributed by atoms with van der Waals surface area (Å²) >= 11 is 0. The van der Waals surface area contributed by atoms with Gasteiger partial charge in [0.05, 0.1) is 20.3 Å². The highest BCUT2D eigenvalue weighted by Crippen LogP contribution is 2.14. The van der Waals surface area contributed by atoms with Gasteiger partial charge in [-0.25, -0.2) is 0 Å². The van der Waals surface area contributed by atoms with Gasteiger partial charge in [-0.3, -0.25) is 9.69 Å². The van der Waals surface area contributed by atoms with Crippen molar-refractivity contribution in [3.63, 3.8) is 0 Å². The Bertz CT molecular complexity index is 551. The van der Waals surface area contributed by atoms with Crippen molar-refractivity contribution >= 4 is 12.0 Å². The van der Waals surface area contributed by atoms with Crippen LogP contribution in [0.5, 0.6) is 5.75 Å². The second-order valence-corrected chi connectivity index (χ2v) is 6.31. The van der Waals surface area contributed by atoms with Gasteiger partial charge < -0.3 is 14.8 Å². The van der Waals surface area contributed by atoms with E-state index in [1.54, 1.807) is 19.3 Å². The van der Waals surface area contributed by atoms with Crippen molar-refractivity contribution in [2.75, 3.05) is 40.0 Å². The van der Waals surface area contributed by atoms with Crippen LogP contribution in [0, 0.1) is 5.92 Å². The highest BCUT2D eigenvalue weighted by atomic mass is 16.5. The molecule has 24 heavy (non-hydrogen) atoms. The maximum absolute atomic E-state index is 12.1. The third-order valence-corrected chi connectivity index (χ3v) is 4.29. The first kappa shape index (κ1) is 18.5. The van der Waals surface area contributed by atoms with Crippen LogP contribution >= 0.6 is 0 Å². The Morgan fingerprint density at radius 3 is 2.79 bits per heavy atom. The van der Waals surface area contributed by atoms with E-state index in [1.165, 1.54) is 0 Å². The lowest BCUT2D eigenvalue weighted by atomic mass is 10.0. The molecule has 1 heterocycles. The molecular formula is C19H28N2O3. The number of nitrogens with one attached hydrogen (secondary N) is 1. The van der Waals surface area contributed by atoms with Gasteiger partial charge in [0.1, 0.15) is 5.75 Å². The van der Waals surface area contributed by atoms with Crippen molar-refractivity contribution in [3.8, 4) is 5.75 Å². The van der Waals surface area contributed by atoms with Crippen molar-refractivity contribution in [2.45, 2.75) is 19.9 Å². The van der Waals surface area contributed by atoms with E-state index >= 15 is 0 Å². The zero-order valence-corrected chi connectivity index (χ0v) is 14.8. The number of ether oxygens (including phenoxy) is 2. The molecule has 1 fully saturated rings. The minimum atomic E-state index is -0.0725. The third-order valence-electron chi connectivity index (χ3n) is 4.29. The van der Waals surface area contributed by atoms with Gasteiger partial charge in [-0.2, -0.15) is 0 Å². The number of hydrogen-bond acceptors (Lipinski definition) is 4. The lowest BCUT2D eigenvalue weighted by Crippen LogP contribution is -2.51. The van der Waals surface area contributed by atoms with E-state index in [1.807, 2.05) is 24.3 Å². The molecule has 1 atom stereocenters. The number of amides is 1. The van der Waals surface area contributed by atoms with Crippen molar-refractivity contribution in [1.29, 1.82) is 0 Å². The first-order chi connectivity index (χ1) is 11.6. The molecule has 1 aliphatic rings. The Hall–Kier alpha value is -1.85. The molecule has 0 radical (unpaired) electrons. The molecule has 1 N–H and O–H groups in total. The van der Waals surface area contributed by atoms with Crippen LogP contribution in [0.2, 0.25) is 0 Å². The zero-order chi connectivity index (χ0) is 17.4. The molecule has 5 heteroatoms. The topological polar surface area (TPSA) is 50.8 Å². The summed E-state index contributed by atoms with van der Waals surface area (Å²) < 4.78 is 10.6. The lowest BCUT2D eigenvalue weighted by Gasteiger charge is -2.36. The van der Waals surface area contributed by atoms with Crippen LogP contribution in [-0.2, 0) is 9.53 Å². The molecular weight excluding hydrogens is 304 g/mol. The normalized spacial score (nSPS) is 17.2. The highest BCUT2D eigenvalue weighted by molar-refractivity contribution is 5.91. The average Bonchev–Trinajstić information content (AvgIpc) is 2.61. The van der Waals surface area contributed by atoms with Crippen LogP contribution in [0.1, 0.15) is 19.4 Å². The van der Waals surface area contributed by atoms with E-state index in [0.29, 0.717) is 18.5 Å². The number of nitrogens with zero attached hydrogens (tertiary/aromatic N) is 1. The summed E-state index contributed by atoms with van der Waals surface area (Å²) in [6.07, 6.45) is 3.38. The predicted molar refractivity (Wildman–Crippen MR) is 96.1 cm³/mol. The average molecular weight is 332 g/mol. The molecule has 1 aromatic rings. The van der Waals surface area contributed by atoms with Crippen LogP contribution < -0.4 is 10.1 Å². The molecule has 1 amide bonds. The molecule has 0 aromatic heterocycles. The number of benzene rings is 1. The van der Waals surface area contributed by atoms with Gasteiger partial charge in [-0.05, 0) is 29.7 Å². The molecule has 1 unspecified atom stereocenters. The van der Waals surface area contributed by atoms with Gasteiger partial charge in [-0.15, -0.1) is 0 Å². The second-order valence-electron chi connectivity index (χ2n) is 6.31. The van der Waals surface area contributed by atoms with E-state index in [-0.39, 0.29) is 5.91 Å². The van der Waals surface area contributed by atoms with E-state index < -0.39 is 0 Å². The van der Waals surface area contributed by atoms with Gasteiger partial charge in [0.15, 0.2) is 0 Å². The first-order valence-corrected chi connectivity index (χ1v) is 8.52. The summed E-state index contributed by atoms with van der Waals surface area (Å²) in [7, 11) is 1.63. The number of carbonyl (C=O) groups is 1. The number of methoxy groups -OCH3 is 1. The van der Waals surface area contributed by atoms with Crippen molar-refractivity contribution in [3.05, 3.63) is 35.9 Å². The molecule has 0 saturated carbocycles. The van der Waals surface area contributed by atoms with E-state index in [0.717, 1.165) is 37.6 Å².